The van der Waals surface area contributed by atoms with Crippen LogP contribution in [-0.4, -0.2) is 48.5 Å². The summed E-state index contributed by atoms with van der Waals surface area (Å²) in [5, 5.41) is 1.90. The second kappa shape index (κ2) is 13.3. The summed E-state index contributed by atoms with van der Waals surface area (Å²) in [4.78, 5) is 7.00. The van der Waals surface area contributed by atoms with Gasteiger partial charge in [-0.1, -0.05) is 75.7 Å². The first kappa shape index (κ1) is 29.6. The maximum atomic E-state index is 13.7. The van der Waals surface area contributed by atoms with Crippen molar-refractivity contribution in [3.63, 3.8) is 0 Å². The van der Waals surface area contributed by atoms with Crippen LogP contribution in [0.1, 0.15) is 34.1 Å². The molecular formula is C32H36ClN3O3S. The molecule has 3 aromatic carbocycles. The lowest BCUT2D eigenvalue weighted by atomic mass is 10.0. The van der Waals surface area contributed by atoms with Gasteiger partial charge in [-0.3, -0.25) is 0 Å². The molecule has 40 heavy (non-hydrogen) atoms. The van der Waals surface area contributed by atoms with Crippen LogP contribution in [-0.2, 0) is 10.0 Å². The molecule has 0 aliphatic rings. The number of benzene rings is 3. The van der Waals surface area contributed by atoms with E-state index in [1.807, 2.05) is 56.3 Å². The van der Waals surface area contributed by atoms with Gasteiger partial charge in [0.2, 0.25) is 0 Å². The third-order valence-electron chi connectivity index (χ3n) is 6.78. The molecule has 0 aliphatic carbocycles. The van der Waals surface area contributed by atoms with E-state index in [2.05, 4.69) is 23.7 Å². The van der Waals surface area contributed by atoms with Gasteiger partial charge in [-0.2, -0.15) is 0 Å². The average molecular weight is 578 g/mol. The van der Waals surface area contributed by atoms with Crippen molar-refractivity contribution in [2.75, 3.05) is 26.2 Å². The lowest BCUT2D eigenvalue weighted by Crippen LogP contribution is -2.25. The quantitative estimate of drug-likeness (QED) is 0.158. The summed E-state index contributed by atoms with van der Waals surface area (Å²) >= 11 is 6.28. The highest BCUT2D eigenvalue weighted by molar-refractivity contribution is 7.90. The van der Waals surface area contributed by atoms with Crippen LogP contribution in [0.3, 0.4) is 0 Å². The van der Waals surface area contributed by atoms with E-state index in [-0.39, 0.29) is 4.90 Å². The van der Waals surface area contributed by atoms with Crippen LogP contribution in [0.4, 0.5) is 0 Å². The smallest absolute Gasteiger partial charge is 0.269 e. The van der Waals surface area contributed by atoms with Gasteiger partial charge in [-0.05, 0) is 73.1 Å². The first-order chi connectivity index (χ1) is 19.4. The molecule has 2 aromatic heterocycles. The zero-order chi connectivity index (χ0) is 28.7. The highest BCUT2D eigenvalue weighted by Gasteiger charge is 2.24. The fourth-order valence-electron chi connectivity index (χ4n) is 4.72. The Morgan fingerprint density at radius 3 is 2.23 bits per heavy atom. The number of rotatable bonds is 10. The number of hydrogen-bond acceptors (Lipinski definition) is 5. The maximum absolute atomic E-state index is 13.7. The van der Waals surface area contributed by atoms with Gasteiger partial charge in [0.15, 0.2) is 5.65 Å². The number of nitrogens with zero attached hydrogens (tertiary/aromatic N) is 3. The first-order valence-electron chi connectivity index (χ1n) is 13.8. The Bertz CT molecular complexity index is 1660. The first-order valence-corrected chi connectivity index (χ1v) is 15.6. The standard InChI is InChI=1S/C30H30ClN3O3S.C2H6/c1-3-33(4-2)17-8-18-37-25-14-11-22(12-15-25)23-13-16-29-27(19-23)28-20-24(31)21-32-30(28)34(29)38(35,36)26-9-6-5-7-10-26;1-2/h5-7,9-16,19-21H,3-4,8,17-18H2,1-2H3;1-2H3. The van der Waals surface area contributed by atoms with E-state index >= 15 is 0 Å². The Morgan fingerprint density at radius 1 is 0.875 bits per heavy atom. The number of fused-ring (bicyclic) bond motifs is 3. The van der Waals surface area contributed by atoms with E-state index in [4.69, 9.17) is 16.3 Å². The Morgan fingerprint density at radius 2 is 1.55 bits per heavy atom. The third-order valence-corrected chi connectivity index (χ3v) is 8.71. The topological polar surface area (TPSA) is 64.4 Å². The van der Waals surface area contributed by atoms with Gasteiger partial charge in [-0.15, -0.1) is 0 Å². The fourth-order valence-corrected chi connectivity index (χ4v) is 6.38. The van der Waals surface area contributed by atoms with Gasteiger partial charge < -0.3 is 9.64 Å². The maximum Gasteiger partial charge on any atom is 0.269 e. The minimum Gasteiger partial charge on any atom is -0.494 e. The van der Waals surface area contributed by atoms with Crippen molar-refractivity contribution in [2.24, 2.45) is 0 Å². The van der Waals surface area contributed by atoms with Crippen LogP contribution in [0.15, 0.2) is 90.0 Å². The van der Waals surface area contributed by atoms with Crippen LogP contribution in [0.2, 0.25) is 5.02 Å². The van der Waals surface area contributed by atoms with Gasteiger partial charge in [-0.25, -0.2) is 17.4 Å². The zero-order valence-corrected chi connectivity index (χ0v) is 25.0. The van der Waals surface area contributed by atoms with Crippen molar-refractivity contribution in [3.8, 4) is 16.9 Å². The van der Waals surface area contributed by atoms with Crippen LogP contribution in [0, 0.1) is 0 Å². The van der Waals surface area contributed by atoms with E-state index in [0.717, 1.165) is 48.3 Å². The predicted molar refractivity (Wildman–Crippen MR) is 166 cm³/mol. The van der Waals surface area contributed by atoms with Gasteiger partial charge >= 0.3 is 0 Å². The molecule has 5 aromatic rings. The predicted octanol–water partition coefficient (Wildman–Crippen LogP) is 7.88. The van der Waals surface area contributed by atoms with Crippen molar-refractivity contribution < 1.29 is 13.2 Å². The Labute approximate surface area is 242 Å². The molecule has 0 N–H and O–H groups in total. The summed E-state index contributed by atoms with van der Waals surface area (Å²) in [5.74, 6) is 0.830. The summed E-state index contributed by atoms with van der Waals surface area (Å²) < 4.78 is 34.6. The monoisotopic (exact) mass is 577 g/mol. The van der Waals surface area contributed by atoms with Crippen molar-refractivity contribution in [1.82, 2.24) is 13.9 Å². The second-order valence-corrected chi connectivity index (χ2v) is 11.3. The van der Waals surface area contributed by atoms with E-state index in [9.17, 15) is 8.42 Å². The van der Waals surface area contributed by atoms with Crippen molar-refractivity contribution in [1.29, 1.82) is 0 Å². The summed E-state index contributed by atoms with van der Waals surface area (Å²) in [6, 6.07) is 23.9. The molecule has 0 unspecified atom stereocenters. The van der Waals surface area contributed by atoms with Gasteiger partial charge in [0.1, 0.15) is 5.75 Å². The average Bonchev–Trinajstić information content (AvgIpc) is 3.32. The molecule has 8 heteroatoms. The van der Waals surface area contributed by atoms with E-state index < -0.39 is 10.0 Å². The minimum atomic E-state index is -3.87. The Kier molecular flexibility index (Phi) is 9.85. The van der Waals surface area contributed by atoms with Crippen LogP contribution >= 0.6 is 11.6 Å². The summed E-state index contributed by atoms with van der Waals surface area (Å²) in [6.07, 6.45) is 2.45. The Balaban J connectivity index is 0.00000181. The molecule has 0 fully saturated rings. The normalized spacial score (nSPS) is 11.6. The van der Waals surface area contributed by atoms with Gasteiger partial charge in [0.05, 0.1) is 22.0 Å². The molecular weight excluding hydrogens is 542 g/mol. The van der Waals surface area contributed by atoms with Gasteiger partial charge in [0, 0.05) is 23.5 Å². The van der Waals surface area contributed by atoms with E-state index in [1.165, 1.54) is 10.2 Å². The van der Waals surface area contributed by atoms with Gasteiger partial charge in [0.25, 0.3) is 10.0 Å². The largest absolute Gasteiger partial charge is 0.494 e. The molecule has 0 bridgehead atoms. The zero-order valence-electron chi connectivity index (χ0n) is 23.5. The van der Waals surface area contributed by atoms with Crippen LogP contribution in [0.25, 0.3) is 33.1 Å². The molecule has 0 radical (unpaired) electrons. The van der Waals surface area contributed by atoms with Crippen LogP contribution < -0.4 is 4.74 Å². The lowest BCUT2D eigenvalue weighted by Gasteiger charge is -2.17. The van der Waals surface area contributed by atoms with E-state index in [0.29, 0.717) is 28.2 Å². The molecule has 0 saturated carbocycles. The van der Waals surface area contributed by atoms with Crippen molar-refractivity contribution >= 4 is 43.6 Å². The molecule has 6 nitrogen and oxygen atoms in total. The summed E-state index contributed by atoms with van der Waals surface area (Å²) in [6.45, 7) is 12.1. The number of halogens is 1. The van der Waals surface area contributed by atoms with Crippen molar-refractivity contribution in [2.45, 2.75) is 39.0 Å². The Hall–Kier alpha value is -3.39. The number of pyridine rings is 1. The summed E-state index contributed by atoms with van der Waals surface area (Å²) in [7, 11) is -3.87. The highest BCUT2D eigenvalue weighted by atomic mass is 35.5. The number of hydrogen-bond donors (Lipinski definition) is 0. The molecule has 5 rings (SSSR count). The SMILES string of the molecule is CC.CCN(CC)CCCOc1ccc(-c2ccc3c(c2)c2cc(Cl)cnc2n3S(=O)(=O)c2ccccc2)cc1. The summed E-state index contributed by atoms with van der Waals surface area (Å²) in [5.41, 5.74) is 2.86. The second-order valence-electron chi connectivity index (χ2n) is 9.09. The van der Waals surface area contributed by atoms with Crippen molar-refractivity contribution in [3.05, 3.63) is 90.1 Å². The molecule has 0 atom stereocenters. The molecule has 0 saturated heterocycles. The molecule has 210 valence electrons. The van der Waals surface area contributed by atoms with E-state index in [1.54, 1.807) is 36.4 Å². The molecule has 2 heterocycles. The molecule has 0 amide bonds. The van der Waals surface area contributed by atoms with Crippen LogP contribution in [0.5, 0.6) is 5.75 Å². The minimum absolute atomic E-state index is 0.201. The molecule has 0 aliphatic heterocycles. The third kappa shape index (κ3) is 6.17. The fraction of sp³-hybridized carbons (Fsp3) is 0.281. The number of aromatic nitrogens is 2. The lowest BCUT2D eigenvalue weighted by molar-refractivity contribution is 0.249. The highest BCUT2D eigenvalue weighted by Crippen LogP contribution is 2.35. The number of ether oxygens (including phenoxy) is 1. The molecule has 0 spiro atoms.